The highest BCUT2D eigenvalue weighted by atomic mass is 16.5. The molecule has 0 radical (unpaired) electrons. The van der Waals surface area contributed by atoms with Crippen LogP contribution in [0.2, 0.25) is 0 Å². The molecule has 3 heteroatoms. The van der Waals surface area contributed by atoms with Crippen molar-refractivity contribution in [2.45, 2.75) is 47.1 Å². The molecule has 2 aromatic rings. The molecule has 1 aromatic heterocycles. The van der Waals surface area contributed by atoms with Gasteiger partial charge < -0.3 is 9.30 Å². The van der Waals surface area contributed by atoms with Crippen molar-refractivity contribution in [2.24, 2.45) is 17.8 Å². The van der Waals surface area contributed by atoms with Crippen molar-refractivity contribution in [1.82, 2.24) is 9.55 Å². The standard InChI is InChI=1S/C22H28N2O/c1-6-11-24-21-19(25-5)10-7-14(4)20(21)23-22(24)16-9-8-15(13(2)3)17-12-18(16)17/h7-10,13,17-18H,6,11-12H2,1-5H3. The third-order valence-corrected chi connectivity index (χ3v) is 5.72. The van der Waals surface area contributed by atoms with E-state index in [-0.39, 0.29) is 0 Å². The molecule has 25 heavy (non-hydrogen) atoms. The second-order valence-corrected chi connectivity index (χ2v) is 7.76. The van der Waals surface area contributed by atoms with Crippen molar-refractivity contribution in [2.75, 3.05) is 7.11 Å². The molecule has 2 atom stereocenters. The van der Waals surface area contributed by atoms with Crippen molar-refractivity contribution >= 4 is 16.6 Å². The predicted molar refractivity (Wildman–Crippen MR) is 104 cm³/mol. The Kier molecular flexibility index (Phi) is 3.98. The van der Waals surface area contributed by atoms with Crippen LogP contribution in [0.25, 0.3) is 16.6 Å². The van der Waals surface area contributed by atoms with Gasteiger partial charge in [-0.25, -0.2) is 4.98 Å². The maximum Gasteiger partial charge on any atom is 0.144 e. The van der Waals surface area contributed by atoms with E-state index in [0.717, 1.165) is 41.5 Å². The minimum absolute atomic E-state index is 0.643. The van der Waals surface area contributed by atoms with Gasteiger partial charge in [0.15, 0.2) is 0 Å². The van der Waals surface area contributed by atoms with Gasteiger partial charge in [-0.3, -0.25) is 0 Å². The van der Waals surface area contributed by atoms with E-state index in [0.29, 0.717) is 11.8 Å². The first-order valence-electron chi connectivity index (χ1n) is 9.52. The Bertz CT molecular complexity index is 885. The summed E-state index contributed by atoms with van der Waals surface area (Å²) in [5.74, 6) is 4.11. The number of fused-ring (bicyclic) bond motifs is 2. The topological polar surface area (TPSA) is 27.1 Å². The molecular formula is C22H28N2O. The van der Waals surface area contributed by atoms with Gasteiger partial charge in [-0.2, -0.15) is 0 Å². The highest BCUT2D eigenvalue weighted by Gasteiger charge is 2.46. The number of methoxy groups -OCH3 is 1. The number of rotatable bonds is 5. The molecule has 0 spiro atoms. The summed E-state index contributed by atoms with van der Waals surface area (Å²) in [6, 6.07) is 4.18. The Morgan fingerprint density at radius 3 is 2.72 bits per heavy atom. The fourth-order valence-corrected chi connectivity index (χ4v) is 4.36. The molecule has 0 aliphatic heterocycles. The van der Waals surface area contributed by atoms with E-state index >= 15 is 0 Å². The minimum atomic E-state index is 0.643. The van der Waals surface area contributed by atoms with E-state index in [1.54, 1.807) is 12.7 Å². The van der Waals surface area contributed by atoms with Crippen molar-refractivity contribution in [1.29, 1.82) is 0 Å². The van der Waals surface area contributed by atoms with Crippen molar-refractivity contribution in [3.8, 4) is 5.75 Å². The first-order valence-corrected chi connectivity index (χ1v) is 9.52. The van der Waals surface area contributed by atoms with Gasteiger partial charge in [0.2, 0.25) is 0 Å². The summed E-state index contributed by atoms with van der Waals surface area (Å²) < 4.78 is 8.05. The van der Waals surface area contributed by atoms with Crippen molar-refractivity contribution in [3.63, 3.8) is 0 Å². The normalized spacial score (nSPS) is 22.0. The van der Waals surface area contributed by atoms with Crippen LogP contribution in [0.5, 0.6) is 5.75 Å². The van der Waals surface area contributed by atoms with Gasteiger partial charge in [0, 0.05) is 6.54 Å². The van der Waals surface area contributed by atoms with Crippen LogP contribution < -0.4 is 4.74 Å². The molecule has 3 nitrogen and oxygen atoms in total. The molecule has 0 saturated heterocycles. The molecule has 0 N–H and O–H groups in total. The zero-order chi connectivity index (χ0) is 17.7. The molecule has 1 fully saturated rings. The number of aromatic nitrogens is 2. The maximum absolute atomic E-state index is 5.66. The lowest BCUT2D eigenvalue weighted by atomic mass is 9.91. The molecule has 4 rings (SSSR count). The number of hydrogen-bond acceptors (Lipinski definition) is 2. The van der Waals surface area contributed by atoms with Gasteiger partial charge in [-0.1, -0.05) is 44.6 Å². The van der Waals surface area contributed by atoms with Gasteiger partial charge >= 0.3 is 0 Å². The first kappa shape index (κ1) is 16.4. The third-order valence-electron chi connectivity index (χ3n) is 5.72. The Morgan fingerprint density at radius 2 is 2.04 bits per heavy atom. The molecular weight excluding hydrogens is 308 g/mol. The Balaban J connectivity index is 1.91. The molecule has 1 heterocycles. The van der Waals surface area contributed by atoms with E-state index < -0.39 is 0 Å². The number of allylic oxidation sites excluding steroid dienone is 4. The van der Waals surface area contributed by atoms with E-state index in [1.807, 2.05) is 0 Å². The van der Waals surface area contributed by atoms with Gasteiger partial charge in [0.05, 0.1) is 12.6 Å². The summed E-state index contributed by atoms with van der Waals surface area (Å²) in [6.45, 7) is 9.95. The van der Waals surface area contributed by atoms with E-state index in [2.05, 4.69) is 56.5 Å². The molecule has 1 saturated carbocycles. The number of ether oxygens (including phenoxy) is 1. The van der Waals surface area contributed by atoms with Crippen LogP contribution in [0, 0.1) is 24.7 Å². The number of imidazole rings is 1. The third kappa shape index (κ3) is 2.52. The van der Waals surface area contributed by atoms with Crippen molar-refractivity contribution < 1.29 is 4.74 Å². The number of benzene rings is 1. The Morgan fingerprint density at radius 1 is 1.24 bits per heavy atom. The number of aryl methyl sites for hydroxylation is 2. The zero-order valence-corrected chi connectivity index (χ0v) is 16.0. The van der Waals surface area contributed by atoms with E-state index in [9.17, 15) is 0 Å². The average molecular weight is 336 g/mol. The average Bonchev–Trinajstić information content (AvgIpc) is 3.31. The monoisotopic (exact) mass is 336 g/mol. The van der Waals surface area contributed by atoms with Crippen LogP contribution in [-0.2, 0) is 6.54 Å². The molecule has 2 unspecified atom stereocenters. The number of nitrogens with zero attached hydrogens (tertiary/aromatic N) is 2. The highest BCUT2D eigenvalue weighted by Crippen LogP contribution is 2.56. The SMILES string of the molecule is CCCn1c(C2=CC=C(C(C)C)C3CC23)nc2c(C)ccc(OC)c21. The molecule has 132 valence electrons. The van der Waals surface area contributed by atoms with Crippen LogP contribution in [0.4, 0.5) is 0 Å². The Labute approximate surface area is 150 Å². The summed E-state index contributed by atoms with van der Waals surface area (Å²) in [7, 11) is 1.75. The zero-order valence-electron chi connectivity index (χ0n) is 16.0. The van der Waals surface area contributed by atoms with Gasteiger partial charge in [-0.05, 0) is 54.7 Å². The summed E-state index contributed by atoms with van der Waals surface area (Å²) in [6.07, 6.45) is 7.05. The predicted octanol–water partition coefficient (Wildman–Crippen LogP) is 5.38. The summed E-state index contributed by atoms with van der Waals surface area (Å²) in [5.41, 5.74) is 6.48. The van der Waals surface area contributed by atoms with Crippen LogP contribution >= 0.6 is 0 Å². The molecule has 2 aliphatic carbocycles. The number of hydrogen-bond donors (Lipinski definition) is 0. The van der Waals surface area contributed by atoms with Crippen LogP contribution in [0.3, 0.4) is 0 Å². The molecule has 2 aliphatic rings. The molecule has 0 bridgehead atoms. The van der Waals surface area contributed by atoms with E-state index in [1.165, 1.54) is 17.6 Å². The molecule has 1 aromatic carbocycles. The lowest BCUT2D eigenvalue weighted by Gasteiger charge is -2.18. The lowest BCUT2D eigenvalue weighted by Crippen LogP contribution is -2.08. The smallest absolute Gasteiger partial charge is 0.144 e. The largest absolute Gasteiger partial charge is 0.494 e. The van der Waals surface area contributed by atoms with Gasteiger partial charge in [0.1, 0.15) is 17.1 Å². The summed E-state index contributed by atoms with van der Waals surface area (Å²) >= 11 is 0. The fourth-order valence-electron chi connectivity index (χ4n) is 4.36. The second-order valence-electron chi connectivity index (χ2n) is 7.76. The van der Waals surface area contributed by atoms with Crippen LogP contribution in [0.15, 0.2) is 29.9 Å². The second kappa shape index (κ2) is 6.05. The first-order chi connectivity index (χ1) is 12.1. The Hall–Kier alpha value is -2.03. The van der Waals surface area contributed by atoms with Gasteiger partial charge in [0.25, 0.3) is 0 Å². The van der Waals surface area contributed by atoms with Crippen LogP contribution in [-0.4, -0.2) is 16.7 Å². The maximum atomic E-state index is 5.66. The van der Waals surface area contributed by atoms with Gasteiger partial charge in [-0.15, -0.1) is 0 Å². The van der Waals surface area contributed by atoms with Crippen LogP contribution in [0.1, 0.15) is 45.0 Å². The quantitative estimate of drug-likeness (QED) is 0.733. The van der Waals surface area contributed by atoms with Crippen molar-refractivity contribution in [3.05, 3.63) is 41.2 Å². The highest BCUT2D eigenvalue weighted by molar-refractivity contribution is 5.88. The fraction of sp³-hybridized carbons (Fsp3) is 0.500. The minimum Gasteiger partial charge on any atom is -0.494 e. The summed E-state index contributed by atoms with van der Waals surface area (Å²) in [5, 5.41) is 0. The summed E-state index contributed by atoms with van der Waals surface area (Å²) in [4.78, 5) is 5.10. The lowest BCUT2D eigenvalue weighted by molar-refractivity contribution is 0.417. The van der Waals surface area contributed by atoms with E-state index in [4.69, 9.17) is 9.72 Å². The molecule has 0 amide bonds.